The van der Waals surface area contributed by atoms with Crippen molar-refractivity contribution < 1.29 is 13.2 Å². The normalized spacial score (nSPS) is 17.1. The van der Waals surface area contributed by atoms with Crippen molar-refractivity contribution in [3.63, 3.8) is 0 Å². The number of hydrogen-bond donors (Lipinski definition) is 2. The SMILES string of the molecule is CN=C(NCCc1ccc(S(C)(=O)=O)cc1)NCC1(N(C)C)CCOCC1.I. The molecule has 7 nitrogen and oxygen atoms in total. The zero-order chi connectivity index (χ0) is 19.9. The molecule has 0 bridgehead atoms. The topological polar surface area (TPSA) is 83.0 Å². The number of nitrogens with one attached hydrogen (secondary N) is 2. The monoisotopic (exact) mass is 524 g/mol. The van der Waals surface area contributed by atoms with Crippen molar-refractivity contribution in [2.75, 3.05) is 53.7 Å². The first-order chi connectivity index (χ1) is 12.8. The van der Waals surface area contributed by atoms with Crippen LogP contribution in [0.4, 0.5) is 0 Å². The third kappa shape index (κ3) is 7.16. The van der Waals surface area contributed by atoms with Crippen LogP contribution in [0.5, 0.6) is 0 Å². The fourth-order valence-electron chi connectivity index (χ4n) is 3.23. The van der Waals surface area contributed by atoms with E-state index in [0.29, 0.717) is 4.90 Å². The van der Waals surface area contributed by atoms with Crippen LogP contribution in [0, 0.1) is 0 Å². The van der Waals surface area contributed by atoms with E-state index in [4.69, 9.17) is 4.74 Å². The highest BCUT2D eigenvalue weighted by Gasteiger charge is 2.34. The Hall–Kier alpha value is -0.910. The smallest absolute Gasteiger partial charge is 0.191 e. The fourth-order valence-corrected chi connectivity index (χ4v) is 3.86. The van der Waals surface area contributed by atoms with E-state index in [1.165, 1.54) is 6.26 Å². The summed E-state index contributed by atoms with van der Waals surface area (Å²) in [4.78, 5) is 6.93. The molecule has 0 spiro atoms. The van der Waals surface area contributed by atoms with E-state index >= 15 is 0 Å². The van der Waals surface area contributed by atoms with Crippen molar-refractivity contribution in [2.45, 2.75) is 29.7 Å². The van der Waals surface area contributed by atoms with Crippen LogP contribution >= 0.6 is 24.0 Å². The minimum atomic E-state index is -3.15. The maximum Gasteiger partial charge on any atom is 0.191 e. The highest BCUT2D eigenvalue weighted by atomic mass is 127. The Bertz CT molecular complexity index is 730. The number of nitrogens with zero attached hydrogens (tertiary/aromatic N) is 2. The molecule has 1 fully saturated rings. The third-order valence-corrected chi connectivity index (χ3v) is 6.37. The molecule has 1 aromatic rings. The summed E-state index contributed by atoms with van der Waals surface area (Å²) in [6.45, 7) is 3.10. The van der Waals surface area contributed by atoms with Crippen molar-refractivity contribution in [1.82, 2.24) is 15.5 Å². The van der Waals surface area contributed by atoms with E-state index in [2.05, 4.69) is 34.6 Å². The Morgan fingerprint density at radius 1 is 1.18 bits per heavy atom. The molecule has 2 rings (SSSR count). The van der Waals surface area contributed by atoms with Crippen molar-refractivity contribution in [1.29, 1.82) is 0 Å². The molecule has 0 aromatic heterocycles. The zero-order valence-corrected chi connectivity index (χ0v) is 20.3. The largest absolute Gasteiger partial charge is 0.381 e. The highest BCUT2D eigenvalue weighted by Crippen LogP contribution is 2.24. The summed E-state index contributed by atoms with van der Waals surface area (Å²) < 4.78 is 28.5. The number of likely N-dealkylation sites (N-methyl/N-ethyl adjacent to an activating group) is 1. The molecule has 0 aliphatic carbocycles. The van der Waals surface area contributed by atoms with Crippen LogP contribution in [-0.2, 0) is 21.0 Å². The fraction of sp³-hybridized carbons (Fsp3) is 0.632. The summed E-state index contributed by atoms with van der Waals surface area (Å²) in [7, 11) is 2.85. The number of guanidine groups is 1. The van der Waals surface area contributed by atoms with Crippen LogP contribution in [0.2, 0.25) is 0 Å². The second-order valence-electron chi connectivity index (χ2n) is 7.25. The van der Waals surface area contributed by atoms with E-state index in [9.17, 15) is 8.42 Å². The molecule has 1 aliphatic rings. The molecule has 1 saturated heterocycles. The van der Waals surface area contributed by atoms with Crippen LogP contribution in [-0.4, -0.2) is 78.5 Å². The molecule has 28 heavy (non-hydrogen) atoms. The minimum Gasteiger partial charge on any atom is -0.381 e. The van der Waals surface area contributed by atoms with Crippen molar-refractivity contribution in [3.8, 4) is 0 Å². The highest BCUT2D eigenvalue weighted by molar-refractivity contribution is 14.0. The van der Waals surface area contributed by atoms with Gasteiger partial charge >= 0.3 is 0 Å². The van der Waals surface area contributed by atoms with Gasteiger partial charge in [-0.15, -0.1) is 24.0 Å². The van der Waals surface area contributed by atoms with Gasteiger partial charge in [-0.25, -0.2) is 8.42 Å². The summed E-state index contributed by atoms with van der Waals surface area (Å²) in [5, 5.41) is 6.77. The van der Waals surface area contributed by atoms with Gasteiger partial charge in [0.1, 0.15) is 0 Å². The lowest BCUT2D eigenvalue weighted by Crippen LogP contribution is -2.57. The molecule has 0 amide bonds. The van der Waals surface area contributed by atoms with Gasteiger partial charge in [-0.1, -0.05) is 12.1 Å². The molecular formula is C19H33IN4O3S. The van der Waals surface area contributed by atoms with Crippen molar-refractivity contribution in [3.05, 3.63) is 29.8 Å². The summed E-state index contributed by atoms with van der Waals surface area (Å²) >= 11 is 0. The molecule has 0 unspecified atom stereocenters. The van der Waals surface area contributed by atoms with E-state index in [-0.39, 0.29) is 29.5 Å². The number of halogens is 1. The first kappa shape index (κ1) is 25.1. The number of ether oxygens (including phenoxy) is 1. The van der Waals surface area contributed by atoms with Gasteiger partial charge in [0.2, 0.25) is 0 Å². The van der Waals surface area contributed by atoms with E-state index in [1.807, 2.05) is 12.1 Å². The lowest BCUT2D eigenvalue weighted by molar-refractivity contribution is -0.00501. The van der Waals surface area contributed by atoms with Gasteiger partial charge in [0.25, 0.3) is 0 Å². The Balaban J connectivity index is 0.00000392. The molecule has 0 atom stereocenters. The van der Waals surface area contributed by atoms with Crippen LogP contribution in [0.3, 0.4) is 0 Å². The zero-order valence-electron chi connectivity index (χ0n) is 17.2. The summed E-state index contributed by atoms with van der Waals surface area (Å²) in [5.41, 5.74) is 1.16. The van der Waals surface area contributed by atoms with Crippen LogP contribution in [0.25, 0.3) is 0 Å². The number of rotatable bonds is 7. The quantitative estimate of drug-likeness (QED) is 0.320. The molecule has 1 heterocycles. The Morgan fingerprint density at radius 3 is 2.29 bits per heavy atom. The number of benzene rings is 1. The molecule has 9 heteroatoms. The second-order valence-corrected chi connectivity index (χ2v) is 9.27. The predicted octanol–water partition coefficient (Wildman–Crippen LogP) is 1.53. The molecule has 0 saturated carbocycles. The summed E-state index contributed by atoms with van der Waals surface area (Å²) in [6, 6.07) is 7.03. The molecule has 1 aromatic carbocycles. The van der Waals surface area contributed by atoms with E-state index in [1.54, 1.807) is 19.2 Å². The Labute approximate surface area is 186 Å². The number of aliphatic imine (C=N–C) groups is 1. The van der Waals surface area contributed by atoms with Gasteiger partial charge in [0.15, 0.2) is 15.8 Å². The predicted molar refractivity (Wildman–Crippen MR) is 125 cm³/mol. The van der Waals surface area contributed by atoms with Crippen LogP contribution in [0.1, 0.15) is 18.4 Å². The average Bonchev–Trinajstić information content (AvgIpc) is 2.64. The van der Waals surface area contributed by atoms with Gasteiger partial charge in [0.05, 0.1) is 4.90 Å². The lowest BCUT2D eigenvalue weighted by Gasteiger charge is -2.43. The number of sulfone groups is 1. The summed E-state index contributed by atoms with van der Waals surface area (Å²) in [6.07, 6.45) is 4.00. The van der Waals surface area contributed by atoms with Gasteiger partial charge in [-0.2, -0.15) is 0 Å². The van der Waals surface area contributed by atoms with Gasteiger partial charge < -0.3 is 20.3 Å². The lowest BCUT2D eigenvalue weighted by atomic mass is 9.88. The van der Waals surface area contributed by atoms with Crippen LogP contribution < -0.4 is 10.6 Å². The Morgan fingerprint density at radius 2 is 1.79 bits per heavy atom. The van der Waals surface area contributed by atoms with Crippen molar-refractivity contribution in [2.24, 2.45) is 4.99 Å². The molecular weight excluding hydrogens is 491 g/mol. The van der Waals surface area contributed by atoms with Crippen LogP contribution in [0.15, 0.2) is 34.2 Å². The first-order valence-corrected chi connectivity index (χ1v) is 11.1. The third-order valence-electron chi connectivity index (χ3n) is 5.24. The standard InChI is InChI=1S/C19H32N4O3S.HI/c1-20-18(22-15-19(23(2)3)10-13-26-14-11-19)21-12-9-16-5-7-17(8-6-16)27(4,24)25;/h5-8H,9-15H2,1-4H3,(H2,20,21,22);1H. The molecule has 2 N–H and O–H groups in total. The first-order valence-electron chi connectivity index (χ1n) is 9.25. The molecule has 160 valence electrons. The maximum absolute atomic E-state index is 11.5. The second kappa shape index (κ2) is 11.3. The number of hydrogen-bond acceptors (Lipinski definition) is 5. The summed E-state index contributed by atoms with van der Waals surface area (Å²) in [5.74, 6) is 0.774. The maximum atomic E-state index is 11.5. The molecule has 0 radical (unpaired) electrons. The van der Waals surface area contributed by atoms with Gasteiger partial charge in [0, 0.05) is 45.1 Å². The van der Waals surface area contributed by atoms with E-state index < -0.39 is 9.84 Å². The van der Waals surface area contributed by atoms with Gasteiger partial charge in [-0.3, -0.25) is 4.99 Å². The van der Waals surface area contributed by atoms with Crippen molar-refractivity contribution >= 4 is 39.8 Å². The van der Waals surface area contributed by atoms with E-state index in [0.717, 1.165) is 57.1 Å². The van der Waals surface area contributed by atoms with Gasteiger partial charge in [-0.05, 0) is 51.1 Å². The minimum absolute atomic E-state index is 0. The Kier molecular flexibility index (Phi) is 10.2. The molecule has 1 aliphatic heterocycles. The average molecular weight is 524 g/mol.